The van der Waals surface area contributed by atoms with E-state index in [2.05, 4.69) is 17.1 Å². The van der Waals surface area contributed by atoms with E-state index in [0.29, 0.717) is 16.8 Å². The van der Waals surface area contributed by atoms with E-state index in [1.165, 1.54) is 7.11 Å². The maximum Gasteiger partial charge on any atom is 0.338 e. The van der Waals surface area contributed by atoms with Gasteiger partial charge >= 0.3 is 5.97 Å². The fourth-order valence-electron chi connectivity index (χ4n) is 2.51. The van der Waals surface area contributed by atoms with E-state index in [1.54, 1.807) is 18.2 Å². The molecule has 0 aliphatic rings. The first kappa shape index (κ1) is 18.5. The number of anilines is 2. The van der Waals surface area contributed by atoms with E-state index in [0.717, 1.165) is 23.4 Å². The highest BCUT2D eigenvalue weighted by molar-refractivity contribution is 6.05. The van der Waals surface area contributed by atoms with Gasteiger partial charge in [0.05, 0.1) is 12.7 Å². The van der Waals surface area contributed by atoms with Crippen molar-refractivity contribution in [2.24, 2.45) is 0 Å². The SMILES string of the molecule is CCN(C)c1ccc(C(=O)Nc2cc(C)c(C)c(C(=O)OC)c2)cc1. The lowest BCUT2D eigenvalue weighted by molar-refractivity contribution is 0.0599. The topological polar surface area (TPSA) is 58.6 Å². The second kappa shape index (κ2) is 7.83. The summed E-state index contributed by atoms with van der Waals surface area (Å²) in [5.41, 5.74) is 4.40. The van der Waals surface area contributed by atoms with Crippen LogP contribution in [0.5, 0.6) is 0 Å². The van der Waals surface area contributed by atoms with E-state index in [4.69, 9.17) is 4.74 Å². The molecule has 132 valence electrons. The first-order chi connectivity index (χ1) is 11.9. The van der Waals surface area contributed by atoms with Gasteiger partial charge in [0.15, 0.2) is 0 Å². The Hall–Kier alpha value is -2.82. The van der Waals surface area contributed by atoms with Crippen LogP contribution in [0.2, 0.25) is 0 Å². The second-order valence-electron chi connectivity index (χ2n) is 5.97. The molecule has 0 unspecified atom stereocenters. The third-order valence-corrected chi connectivity index (χ3v) is 4.38. The third kappa shape index (κ3) is 4.18. The maximum atomic E-state index is 12.5. The molecule has 5 heteroatoms. The molecule has 0 aliphatic carbocycles. The zero-order valence-electron chi connectivity index (χ0n) is 15.3. The molecular weight excluding hydrogens is 316 g/mol. The van der Waals surface area contributed by atoms with Crippen molar-refractivity contribution in [1.82, 2.24) is 0 Å². The van der Waals surface area contributed by atoms with Gasteiger partial charge in [-0.1, -0.05) is 0 Å². The molecule has 1 N–H and O–H groups in total. The highest BCUT2D eigenvalue weighted by atomic mass is 16.5. The Morgan fingerprint density at radius 1 is 1.12 bits per heavy atom. The Bertz CT molecular complexity index is 782. The number of amides is 1. The number of hydrogen-bond donors (Lipinski definition) is 1. The van der Waals surface area contributed by atoms with Crippen molar-refractivity contribution in [2.75, 3.05) is 30.9 Å². The largest absolute Gasteiger partial charge is 0.465 e. The van der Waals surface area contributed by atoms with Crippen molar-refractivity contribution in [1.29, 1.82) is 0 Å². The first-order valence-corrected chi connectivity index (χ1v) is 8.19. The standard InChI is InChI=1S/C20H24N2O3/c1-6-22(4)17-9-7-15(8-10-17)19(23)21-16-11-13(2)14(3)18(12-16)20(24)25-5/h7-12H,6H2,1-5H3,(H,21,23). The molecule has 2 aromatic carbocycles. The van der Waals surface area contributed by atoms with Gasteiger partial charge in [-0.3, -0.25) is 4.79 Å². The van der Waals surface area contributed by atoms with Crippen molar-refractivity contribution in [3.05, 3.63) is 58.7 Å². The molecule has 0 heterocycles. The highest BCUT2D eigenvalue weighted by Crippen LogP contribution is 2.22. The van der Waals surface area contributed by atoms with Crippen LogP contribution in [0.15, 0.2) is 36.4 Å². The van der Waals surface area contributed by atoms with Crippen molar-refractivity contribution >= 4 is 23.3 Å². The van der Waals surface area contributed by atoms with Gasteiger partial charge in [-0.05, 0) is 68.3 Å². The van der Waals surface area contributed by atoms with Gasteiger partial charge in [0.25, 0.3) is 5.91 Å². The molecule has 0 aliphatic heterocycles. The molecule has 5 nitrogen and oxygen atoms in total. The Balaban J connectivity index is 2.23. The summed E-state index contributed by atoms with van der Waals surface area (Å²) in [7, 11) is 3.34. The predicted octanol–water partition coefficient (Wildman–Crippen LogP) is 3.80. The fourth-order valence-corrected chi connectivity index (χ4v) is 2.51. The number of benzene rings is 2. The van der Waals surface area contributed by atoms with Gasteiger partial charge in [0, 0.05) is 30.5 Å². The molecular formula is C20H24N2O3. The summed E-state index contributed by atoms with van der Waals surface area (Å²) in [4.78, 5) is 26.4. The van der Waals surface area contributed by atoms with Gasteiger partial charge in [-0.15, -0.1) is 0 Å². The summed E-state index contributed by atoms with van der Waals surface area (Å²) in [5.74, 6) is -0.631. The smallest absolute Gasteiger partial charge is 0.338 e. The summed E-state index contributed by atoms with van der Waals surface area (Å²) < 4.78 is 4.81. The summed E-state index contributed by atoms with van der Waals surface area (Å²) in [6.45, 7) is 6.71. The van der Waals surface area contributed by atoms with E-state index < -0.39 is 5.97 Å². The van der Waals surface area contributed by atoms with E-state index in [-0.39, 0.29) is 5.91 Å². The average Bonchev–Trinajstić information content (AvgIpc) is 2.63. The highest BCUT2D eigenvalue weighted by Gasteiger charge is 2.14. The number of ether oxygens (including phenoxy) is 1. The van der Waals surface area contributed by atoms with Crippen LogP contribution in [0.3, 0.4) is 0 Å². The number of hydrogen-bond acceptors (Lipinski definition) is 4. The van der Waals surface area contributed by atoms with E-state index in [9.17, 15) is 9.59 Å². The molecule has 0 spiro atoms. The van der Waals surface area contributed by atoms with E-state index >= 15 is 0 Å². The van der Waals surface area contributed by atoms with Crippen LogP contribution < -0.4 is 10.2 Å². The summed E-state index contributed by atoms with van der Waals surface area (Å²) in [6.07, 6.45) is 0. The van der Waals surface area contributed by atoms with Crippen LogP contribution >= 0.6 is 0 Å². The quantitative estimate of drug-likeness (QED) is 0.841. The first-order valence-electron chi connectivity index (χ1n) is 8.19. The minimum absolute atomic E-state index is 0.218. The number of carbonyl (C=O) groups excluding carboxylic acids is 2. The van der Waals surface area contributed by atoms with Gasteiger partial charge < -0.3 is 15.0 Å². The van der Waals surface area contributed by atoms with Gasteiger partial charge in [0.2, 0.25) is 0 Å². The van der Waals surface area contributed by atoms with Crippen LogP contribution in [0.25, 0.3) is 0 Å². The summed E-state index contributed by atoms with van der Waals surface area (Å²) >= 11 is 0. The Morgan fingerprint density at radius 2 is 1.76 bits per heavy atom. The number of nitrogens with one attached hydrogen (secondary N) is 1. The van der Waals surface area contributed by atoms with Crippen LogP contribution in [-0.4, -0.2) is 32.6 Å². The molecule has 0 saturated carbocycles. The molecule has 0 fully saturated rings. The lowest BCUT2D eigenvalue weighted by atomic mass is 10.0. The predicted molar refractivity (Wildman–Crippen MR) is 101 cm³/mol. The Kier molecular flexibility index (Phi) is 5.80. The minimum Gasteiger partial charge on any atom is -0.465 e. The van der Waals surface area contributed by atoms with Crippen LogP contribution in [0.1, 0.15) is 38.8 Å². The number of carbonyl (C=O) groups is 2. The van der Waals surface area contributed by atoms with Gasteiger partial charge in [-0.2, -0.15) is 0 Å². The van der Waals surface area contributed by atoms with Crippen LogP contribution in [-0.2, 0) is 4.74 Å². The normalized spacial score (nSPS) is 10.3. The Labute approximate surface area is 148 Å². The summed E-state index contributed by atoms with van der Waals surface area (Å²) in [6, 6.07) is 10.9. The number of methoxy groups -OCH3 is 1. The van der Waals surface area contributed by atoms with Crippen molar-refractivity contribution in [2.45, 2.75) is 20.8 Å². The third-order valence-electron chi connectivity index (χ3n) is 4.38. The van der Waals surface area contributed by atoms with Gasteiger partial charge in [0.1, 0.15) is 0 Å². The van der Waals surface area contributed by atoms with E-state index in [1.807, 2.05) is 39.1 Å². The molecule has 0 bridgehead atoms. The molecule has 0 radical (unpaired) electrons. The Morgan fingerprint density at radius 3 is 2.32 bits per heavy atom. The molecule has 0 atom stereocenters. The number of esters is 1. The molecule has 2 rings (SSSR count). The number of aryl methyl sites for hydroxylation is 1. The van der Waals surface area contributed by atoms with Crippen molar-refractivity contribution < 1.29 is 14.3 Å². The lowest BCUT2D eigenvalue weighted by Crippen LogP contribution is -2.17. The fraction of sp³-hybridized carbons (Fsp3) is 0.300. The molecule has 1 amide bonds. The van der Waals surface area contributed by atoms with Gasteiger partial charge in [-0.25, -0.2) is 4.79 Å². The molecule has 2 aromatic rings. The minimum atomic E-state index is -0.413. The number of rotatable bonds is 5. The molecule has 25 heavy (non-hydrogen) atoms. The molecule has 0 aromatic heterocycles. The maximum absolute atomic E-state index is 12.5. The monoisotopic (exact) mass is 340 g/mol. The average molecular weight is 340 g/mol. The molecule has 0 saturated heterocycles. The summed E-state index contributed by atoms with van der Waals surface area (Å²) in [5, 5.41) is 2.85. The zero-order chi connectivity index (χ0) is 18.6. The second-order valence-corrected chi connectivity index (χ2v) is 5.97. The zero-order valence-corrected chi connectivity index (χ0v) is 15.3. The van der Waals surface area contributed by atoms with Crippen molar-refractivity contribution in [3.63, 3.8) is 0 Å². The van der Waals surface area contributed by atoms with Crippen molar-refractivity contribution in [3.8, 4) is 0 Å². The number of nitrogens with zero attached hydrogens (tertiary/aromatic N) is 1. The lowest BCUT2D eigenvalue weighted by Gasteiger charge is -2.17. The van der Waals surface area contributed by atoms with Crippen LogP contribution in [0, 0.1) is 13.8 Å². The van der Waals surface area contributed by atoms with Crippen LogP contribution in [0.4, 0.5) is 11.4 Å².